The van der Waals surface area contributed by atoms with E-state index in [1.807, 2.05) is 12.2 Å². The number of hydrogen-bond acceptors (Lipinski definition) is 1. The number of nitrogens with one attached hydrogen (secondary N) is 1. The molecule has 1 aliphatic rings. The van der Waals surface area contributed by atoms with Crippen LogP contribution >= 0.6 is 0 Å². The van der Waals surface area contributed by atoms with Gasteiger partial charge in [0.1, 0.15) is 0 Å². The molecule has 0 saturated heterocycles. The summed E-state index contributed by atoms with van der Waals surface area (Å²) in [4.78, 5) is 0. The second-order valence-electron chi connectivity index (χ2n) is 3.05. The smallest absolute Gasteiger partial charge is 0.308 e. The van der Waals surface area contributed by atoms with Crippen molar-refractivity contribution in [1.29, 1.82) is 0 Å². The summed E-state index contributed by atoms with van der Waals surface area (Å²) in [7, 11) is 0. The van der Waals surface area contributed by atoms with E-state index < -0.39 is 12.7 Å². The molecule has 0 aromatic carbocycles. The van der Waals surface area contributed by atoms with Crippen LogP contribution < -0.4 is 5.32 Å². The Morgan fingerprint density at radius 3 is 2.33 bits per heavy atom. The van der Waals surface area contributed by atoms with Crippen LogP contribution in [0.5, 0.6) is 0 Å². The minimum absolute atomic E-state index is 0.368. The summed E-state index contributed by atoms with van der Waals surface area (Å²) in [5, 5.41) is 2.40. The van der Waals surface area contributed by atoms with Gasteiger partial charge in [0, 0.05) is 0 Å². The van der Waals surface area contributed by atoms with E-state index >= 15 is 0 Å². The van der Waals surface area contributed by atoms with Gasteiger partial charge in [-0.1, -0.05) is 12.2 Å². The Bertz CT molecular complexity index is 154. The van der Waals surface area contributed by atoms with Gasteiger partial charge in [-0.05, 0) is 25.3 Å². The van der Waals surface area contributed by atoms with Crippen molar-refractivity contribution in [3.05, 3.63) is 12.2 Å². The fraction of sp³-hybridized carbons (Fsp3) is 0.750. The lowest BCUT2D eigenvalue weighted by atomic mass is 10.1. The summed E-state index contributed by atoms with van der Waals surface area (Å²) >= 11 is 0. The van der Waals surface area contributed by atoms with Crippen molar-refractivity contribution in [2.75, 3.05) is 13.1 Å². The molecule has 0 heterocycles. The zero-order valence-electron chi connectivity index (χ0n) is 6.69. The predicted octanol–water partition coefficient (Wildman–Crippen LogP) is 2.10. The highest BCUT2D eigenvalue weighted by Crippen LogP contribution is 2.17. The summed E-state index contributed by atoms with van der Waals surface area (Å²) in [5.41, 5.74) is 0. The van der Waals surface area contributed by atoms with Crippen LogP contribution in [0.4, 0.5) is 13.2 Å². The van der Waals surface area contributed by atoms with Crippen molar-refractivity contribution in [3.63, 3.8) is 0 Å². The maximum atomic E-state index is 11.7. The molecule has 0 bridgehead atoms. The SMILES string of the molecule is FC(F)(F)CNCC1CC=CC1. The topological polar surface area (TPSA) is 12.0 Å². The normalized spacial score (nSPS) is 18.9. The number of alkyl halides is 3. The van der Waals surface area contributed by atoms with Gasteiger partial charge in [-0.2, -0.15) is 13.2 Å². The molecular weight excluding hydrogens is 167 g/mol. The zero-order chi connectivity index (χ0) is 9.03. The van der Waals surface area contributed by atoms with Gasteiger partial charge in [-0.3, -0.25) is 0 Å². The molecular formula is C8H12F3N. The van der Waals surface area contributed by atoms with Crippen molar-refractivity contribution in [2.24, 2.45) is 5.92 Å². The van der Waals surface area contributed by atoms with Crippen LogP contribution in [-0.4, -0.2) is 19.3 Å². The number of halogens is 3. The number of hydrogen-bond donors (Lipinski definition) is 1. The molecule has 1 rings (SSSR count). The molecule has 1 N–H and O–H groups in total. The molecule has 0 radical (unpaired) electrons. The van der Waals surface area contributed by atoms with Crippen LogP contribution in [0.3, 0.4) is 0 Å². The zero-order valence-corrected chi connectivity index (χ0v) is 6.69. The highest BCUT2D eigenvalue weighted by atomic mass is 19.4. The standard InChI is InChI=1S/C8H12F3N/c9-8(10,11)6-12-5-7-3-1-2-4-7/h1-2,7,12H,3-6H2. The fourth-order valence-corrected chi connectivity index (χ4v) is 1.26. The van der Waals surface area contributed by atoms with E-state index in [9.17, 15) is 13.2 Å². The molecule has 0 atom stereocenters. The Hall–Kier alpha value is -0.510. The average molecular weight is 179 g/mol. The molecule has 0 aromatic heterocycles. The lowest BCUT2D eigenvalue weighted by Gasteiger charge is -2.11. The van der Waals surface area contributed by atoms with E-state index in [4.69, 9.17) is 0 Å². The molecule has 0 aliphatic heterocycles. The maximum Gasteiger partial charge on any atom is 0.401 e. The van der Waals surface area contributed by atoms with E-state index in [1.54, 1.807) is 0 Å². The second kappa shape index (κ2) is 3.94. The molecule has 4 heteroatoms. The summed E-state index contributed by atoms with van der Waals surface area (Å²) < 4.78 is 35.0. The van der Waals surface area contributed by atoms with Gasteiger partial charge in [0.15, 0.2) is 0 Å². The van der Waals surface area contributed by atoms with Crippen molar-refractivity contribution >= 4 is 0 Å². The van der Waals surface area contributed by atoms with Crippen LogP contribution in [0.25, 0.3) is 0 Å². The third-order valence-corrected chi connectivity index (χ3v) is 1.86. The van der Waals surface area contributed by atoms with Gasteiger partial charge in [0.05, 0.1) is 6.54 Å². The molecule has 1 aliphatic carbocycles. The highest BCUT2D eigenvalue weighted by molar-refractivity contribution is 4.94. The van der Waals surface area contributed by atoms with Gasteiger partial charge < -0.3 is 5.32 Å². The van der Waals surface area contributed by atoms with Gasteiger partial charge >= 0.3 is 6.18 Å². The minimum atomic E-state index is -4.08. The molecule has 1 nitrogen and oxygen atoms in total. The summed E-state index contributed by atoms with van der Waals surface area (Å²) in [6.07, 6.45) is 1.77. The van der Waals surface area contributed by atoms with E-state index in [0.717, 1.165) is 12.8 Å². The van der Waals surface area contributed by atoms with E-state index in [0.29, 0.717) is 12.5 Å². The van der Waals surface area contributed by atoms with Crippen LogP contribution in [0.1, 0.15) is 12.8 Å². The van der Waals surface area contributed by atoms with Gasteiger partial charge in [-0.25, -0.2) is 0 Å². The first-order valence-corrected chi connectivity index (χ1v) is 4.00. The summed E-state index contributed by atoms with van der Waals surface area (Å²) in [6, 6.07) is 0. The lowest BCUT2D eigenvalue weighted by Crippen LogP contribution is -2.32. The van der Waals surface area contributed by atoms with E-state index in [2.05, 4.69) is 5.32 Å². The average Bonchev–Trinajstić information content (AvgIpc) is 2.36. The largest absolute Gasteiger partial charge is 0.401 e. The Labute approximate surface area is 69.6 Å². The first-order valence-electron chi connectivity index (χ1n) is 4.00. The van der Waals surface area contributed by atoms with Crippen molar-refractivity contribution < 1.29 is 13.2 Å². The molecule has 0 fully saturated rings. The molecule has 0 unspecified atom stereocenters. The van der Waals surface area contributed by atoms with Crippen molar-refractivity contribution in [3.8, 4) is 0 Å². The lowest BCUT2D eigenvalue weighted by molar-refractivity contribution is -0.125. The fourth-order valence-electron chi connectivity index (χ4n) is 1.26. The summed E-state index contributed by atoms with van der Waals surface area (Å²) in [6.45, 7) is -0.407. The van der Waals surface area contributed by atoms with Crippen molar-refractivity contribution in [1.82, 2.24) is 5.32 Å². The first-order chi connectivity index (χ1) is 5.58. The molecule has 0 amide bonds. The van der Waals surface area contributed by atoms with Crippen LogP contribution in [0.15, 0.2) is 12.2 Å². The highest BCUT2D eigenvalue weighted by Gasteiger charge is 2.26. The minimum Gasteiger partial charge on any atom is -0.308 e. The van der Waals surface area contributed by atoms with Crippen LogP contribution in [-0.2, 0) is 0 Å². The van der Waals surface area contributed by atoms with E-state index in [-0.39, 0.29) is 0 Å². The van der Waals surface area contributed by atoms with Crippen molar-refractivity contribution in [2.45, 2.75) is 19.0 Å². The monoisotopic (exact) mass is 179 g/mol. The Morgan fingerprint density at radius 2 is 1.83 bits per heavy atom. The van der Waals surface area contributed by atoms with Gasteiger partial charge in [0.2, 0.25) is 0 Å². The van der Waals surface area contributed by atoms with Gasteiger partial charge in [0.25, 0.3) is 0 Å². The molecule has 0 aromatic rings. The number of rotatable bonds is 3. The third-order valence-electron chi connectivity index (χ3n) is 1.86. The van der Waals surface area contributed by atoms with Crippen LogP contribution in [0.2, 0.25) is 0 Å². The Balaban J connectivity index is 2.03. The molecule has 70 valence electrons. The third kappa shape index (κ3) is 3.76. The first kappa shape index (κ1) is 9.58. The molecule has 12 heavy (non-hydrogen) atoms. The maximum absolute atomic E-state index is 11.7. The predicted molar refractivity (Wildman–Crippen MR) is 40.8 cm³/mol. The quantitative estimate of drug-likeness (QED) is 0.654. The van der Waals surface area contributed by atoms with Gasteiger partial charge in [-0.15, -0.1) is 0 Å². The molecule has 0 saturated carbocycles. The van der Waals surface area contributed by atoms with Crippen LogP contribution in [0, 0.1) is 5.92 Å². The summed E-state index contributed by atoms with van der Waals surface area (Å²) in [5.74, 6) is 0.368. The molecule has 0 spiro atoms. The Kier molecular flexibility index (Phi) is 3.14. The van der Waals surface area contributed by atoms with E-state index in [1.165, 1.54) is 0 Å². The second-order valence-corrected chi connectivity index (χ2v) is 3.05. The number of allylic oxidation sites excluding steroid dienone is 2. The Morgan fingerprint density at radius 1 is 1.25 bits per heavy atom.